The van der Waals surface area contributed by atoms with Crippen LogP contribution in [0.5, 0.6) is 0 Å². The van der Waals surface area contributed by atoms with Crippen molar-refractivity contribution in [1.82, 2.24) is 10.2 Å². The Morgan fingerprint density at radius 1 is 1.53 bits per heavy atom. The Labute approximate surface area is 120 Å². The van der Waals surface area contributed by atoms with Crippen LogP contribution >= 0.6 is 15.9 Å². The first-order chi connectivity index (χ1) is 8.95. The zero-order valence-corrected chi connectivity index (χ0v) is 12.4. The lowest BCUT2D eigenvalue weighted by molar-refractivity contribution is -0.384. The quantitative estimate of drug-likeness (QED) is 0.640. The van der Waals surface area contributed by atoms with Gasteiger partial charge in [-0.05, 0) is 35.6 Å². The molecule has 1 amide bonds. The van der Waals surface area contributed by atoms with E-state index in [4.69, 9.17) is 0 Å². The van der Waals surface area contributed by atoms with Gasteiger partial charge < -0.3 is 10.2 Å². The van der Waals surface area contributed by atoms with Crippen molar-refractivity contribution in [2.75, 3.05) is 26.7 Å². The number of nitro benzene ring substituents is 1. The largest absolute Gasteiger partial charge is 0.351 e. The van der Waals surface area contributed by atoms with Crippen LogP contribution in [0.15, 0.2) is 22.7 Å². The highest BCUT2D eigenvalue weighted by Gasteiger charge is 2.15. The normalized spacial score (nSPS) is 10.5. The summed E-state index contributed by atoms with van der Waals surface area (Å²) in [4.78, 5) is 24.1. The minimum Gasteiger partial charge on any atom is -0.351 e. The first kappa shape index (κ1) is 15.6. The third-order valence-electron chi connectivity index (χ3n) is 2.72. The third-order valence-corrected chi connectivity index (χ3v) is 3.42. The summed E-state index contributed by atoms with van der Waals surface area (Å²) in [7, 11) is 1.95. The van der Waals surface area contributed by atoms with Crippen LogP contribution in [0.2, 0.25) is 0 Å². The highest BCUT2D eigenvalue weighted by atomic mass is 79.9. The summed E-state index contributed by atoms with van der Waals surface area (Å²) in [6, 6.07) is 4.12. The van der Waals surface area contributed by atoms with Crippen molar-refractivity contribution >= 4 is 27.5 Å². The molecular weight excluding hydrogens is 314 g/mol. The monoisotopic (exact) mass is 329 g/mol. The maximum absolute atomic E-state index is 11.9. The second-order valence-corrected chi connectivity index (χ2v) is 4.93. The Hall–Kier alpha value is -1.47. The van der Waals surface area contributed by atoms with E-state index in [0.29, 0.717) is 11.0 Å². The Bertz CT molecular complexity index is 479. The van der Waals surface area contributed by atoms with Gasteiger partial charge in [-0.25, -0.2) is 0 Å². The summed E-state index contributed by atoms with van der Waals surface area (Å²) in [5, 5.41) is 13.4. The van der Waals surface area contributed by atoms with Gasteiger partial charge >= 0.3 is 0 Å². The number of halogens is 1. The number of nitrogens with zero attached hydrogens (tertiary/aromatic N) is 2. The van der Waals surface area contributed by atoms with Crippen molar-refractivity contribution in [2.24, 2.45) is 0 Å². The molecule has 0 saturated carbocycles. The zero-order chi connectivity index (χ0) is 14.4. The first-order valence-corrected chi connectivity index (χ1v) is 6.65. The van der Waals surface area contributed by atoms with Crippen LogP contribution in [0.4, 0.5) is 5.69 Å². The molecule has 0 aliphatic heterocycles. The average molecular weight is 330 g/mol. The fourth-order valence-corrected chi connectivity index (χ4v) is 1.84. The average Bonchev–Trinajstić information content (AvgIpc) is 2.38. The Morgan fingerprint density at radius 3 is 2.79 bits per heavy atom. The number of likely N-dealkylation sites (N-methyl/N-ethyl adjacent to an activating group) is 1. The fourth-order valence-electron chi connectivity index (χ4n) is 1.41. The van der Waals surface area contributed by atoms with Gasteiger partial charge in [-0.1, -0.05) is 6.92 Å². The van der Waals surface area contributed by atoms with E-state index in [1.807, 2.05) is 14.0 Å². The number of carbonyl (C=O) groups is 1. The first-order valence-electron chi connectivity index (χ1n) is 5.86. The van der Waals surface area contributed by atoms with Gasteiger partial charge in [-0.2, -0.15) is 0 Å². The molecule has 0 atom stereocenters. The second-order valence-electron chi connectivity index (χ2n) is 4.07. The van der Waals surface area contributed by atoms with Gasteiger partial charge in [-0.15, -0.1) is 0 Å². The van der Waals surface area contributed by atoms with Crippen molar-refractivity contribution in [3.63, 3.8) is 0 Å². The maximum atomic E-state index is 11.9. The smallest absolute Gasteiger partial charge is 0.270 e. The van der Waals surface area contributed by atoms with Gasteiger partial charge in [0.2, 0.25) is 0 Å². The number of benzene rings is 1. The molecule has 19 heavy (non-hydrogen) atoms. The van der Waals surface area contributed by atoms with E-state index >= 15 is 0 Å². The van der Waals surface area contributed by atoms with E-state index < -0.39 is 4.92 Å². The van der Waals surface area contributed by atoms with E-state index in [2.05, 4.69) is 26.1 Å². The van der Waals surface area contributed by atoms with Gasteiger partial charge in [0.15, 0.2) is 0 Å². The van der Waals surface area contributed by atoms with Gasteiger partial charge in [0.25, 0.3) is 11.6 Å². The highest BCUT2D eigenvalue weighted by Crippen LogP contribution is 2.22. The highest BCUT2D eigenvalue weighted by molar-refractivity contribution is 9.10. The minimum atomic E-state index is -0.520. The van der Waals surface area contributed by atoms with E-state index in [0.717, 1.165) is 13.1 Å². The molecule has 0 spiro atoms. The Kier molecular flexibility index (Phi) is 5.91. The molecule has 0 saturated heterocycles. The van der Waals surface area contributed by atoms with Crippen LogP contribution in [0.3, 0.4) is 0 Å². The number of non-ortho nitro benzene ring substituents is 1. The van der Waals surface area contributed by atoms with E-state index in [-0.39, 0.29) is 17.2 Å². The molecule has 0 bridgehead atoms. The molecule has 0 aliphatic rings. The molecule has 0 fully saturated rings. The van der Waals surface area contributed by atoms with Crippen LogP contribution < -0.4 is 5.32 Å². The molecule has 1 N–H and O–H groups in total. The summed E-state index contributed by atoms with van der Waals surface area (Å²) < 4.78 is 0.541. The number of nitrogens with one attached hydrogen (secondary N) is 1. The molecule has 1 rings (SSSR count). The molecule has 1 aromatic rings. The number of carbonyl (C=O) groups excluding carboxylic acids is 1. The lowest BCUT2D eigenvalue weighted by atomic mass is 10.2. The third kappa shape index (κ3) is 4.60. The number of nitro groups is 1. The number of amides is 1. The number of hydrogen-bond acceptors (Lipinski definition) is 4. The van der Waals surface area contributed by atoms with Crippen LogP contribution in [0.1, 0.15) is 17.3 Å². The lowest BCUT2D eigenvalue weighted by Gasteiger charge is -2.14. The van der Waals surface area contributed by atoms with E-state index in [9.17, 15) is 14.9 Å². The molecule has 0 radical (unpaired) electrons. The van der Waals surface area contributed by atoms with Crippen LogP contribution in [0.25, 0.3) is 0 Å². The summed E-state index contributed by atoms with van der Waals surface area (Å²) in [5.41, 5.74) is 0.173. The summed E-state index contributed by atoms with van der Waals surface area (Å²) in [5.74, 6) is -0.319. The fraction of sp³-hybridized carbons (Fsp3) is 0.417. The Balaban J connectivity index is 2.71. The molecular formula is C12H16BrN3O3. The van der Waals surface area contributed by atoms with Crippen LogP contribution in [0, 0.1) is 10.1 Å². The molecule has 0 unspecified atom stereocenters. The van der Waals surface area contributed by atoms with Gasteiger partial charge in [-0.3, -0.25) is 14.9 Å². The molecule has 0 aromatic heterocycles. The lowest BCUT2D eigenvalue weighted by Crippen LogP contribution is -2.33. The zero-order valence-electron chi connectivity index (χ0n) is 10.9. The summed E-state index contributed by atoms with van der Waals surface area (Å²) >= 11 is 3.22. The number of hydrogen-bond donors (Lipinski definition) is 1. The predicted octanol–water partition coefficient (Wildman–Crippen LogP) is 2.04. The number of rotatable bonds is 6. The van der Waals surface area contributed by atoms with Gasteiger partial charge in [0.05, 0.1) is 10.5 Å². The van der Waals surface area contributed by atoms with Crippen molar-refractivity contribution in [3.8, 4) is 0 Å². The summed E-state index contributed by atoms with van der Waals surface area (Å²) in [6.07, 6.45) is 0. The van der Waals surface area contributed by atoms with E-state index in [1.165, 1.54) is 18.2 Å². The van der Waals surface area contributed by atoms with Crippen LogP contribution in [-0.4, -0.2) is 42.4 Å². The van der Waals surface area contributed by atoms with Gasteiger partial charge in [0, 0.05) is 29.7 Å². The molecule has 104 valence electrons. The molecule has 7 heteroatoms. The predicted molar refractivity (Wildman–Crippen MR) is 76.3 cm³/mol. The van der Waals surface area contributed by atoms with Gasteiger partial charge in [0.1, 0.15) is 0 Å². The topological polar surface area (TPSA) is 75.5 Å². The molecule has 0 heterocycles. The van der Waals surface area contributed by atoms with Crippen molar-refractivity contribution in [3.05, 3.63) is 38.3 Å². The van der Waals surface area contributed by atoms with Crippen molar-refractivity contribution in [1.29, 1.82) is 0 Å². The Morgan fingerprint density at radius 2 is 2.21 bits per heavy atom. The minimum absolute atomic E-state index is 0.0981. The van der Waals surface area contributed by atoms with E-state index in [1.54, 1.807) is 0 Å². The SMILES string of the molecule is CCN(C)CCNC(=O)c1cc([N+](=O)[O-])ccc1Br. The summed E-state index contributed by atoms with van der Waals surface area (Å²) in [6.45, 7) is 4.16. The van der Waals surface area contributed by atoms with Crippen molar-refractivity contribution in [2.45, 2.75) is 6.92 Å². The van der Waals surface area contributed by atoms with Crippen molar-refractivity contribution < 1.29 is 9.72 Å². The van der Waals surface area contributed by atoms with Crippen LogP contribution in [-0.2, 0) is 0 Å². The maximum Gasteiger partial charge on any atom is 0.270 e. The molecule has 1 aromatic carbocycles. The standard InChI is InChI=1S/C12H16BrN3O3/c1-3-15(2)7-6-14-12(17)10-8-9(16(18)19)4-5-11(10)13/h4-5,8H,3,6-7H2,1-2H3,(H,14,17). The molecule has 6 nitrogen and oxygen atoms in total. The second kappa shape index (κ2) is 7.20. The molecule has 0 aliphatic carbocycles.